The van der Waals surface area contributed by atoms with Gasteiger partial charge in [0.25, 0.3) is 0 Å². The number of carbonyl (C=O) groups is 1. The fourth-order valence-corrected chi connectivity index (χ4v) is 3.54. The molecular formula is C18H29N5O. The van der Waals surface area contributed by atoms with E-state index in [1.807, 2.05) is 6.07 Å². The van der Waals surface area contributed by atoms with Crippen LogP contribution in [0, 0.1) is 0 Å². The summed E-state index contributed by atoms with van der Waals surface area (Å²) in [5, 5.41) is 0. The van der Waals surface area contributed by atoms with E-state index in [1.165, 1.54) is 19.3 Å². The zero-order chi connectivity index (χ0) is 16.6. The molecule has 3 rings (SSSR count). The maximum Gasteiger partial charge on any atom is 0.225 e. The van der Waals surface area contributed by atoms with E-state index < -0.39 is 0 Å². The quantitative estimate of drug-likeness (QED) is 0.744. The molecule has 0 aromatic carbocycles. The first-order chi connectivity index (χ1) is 11.8. The van der Waals surface area contributed by atoms with Gasteiger partial charge >= 0.3 is 0 Å². The van der Waals surface area contributed by atoms with E-state index in [4.69, 9.17) is 0 Å². The van der Waals surface area contributed by atoms with Gasteiger partial charge in [-0.1, -0.05) is 6.42 Å². The first kappa shape index (κ1) is 17.1. The monoisotopic (exact) mass is 331 g/mol. The third-order valence-corrected chi connectivity index (χ3v) is 5.03. The lowest BCUT2D eigenvalue weighted by Crippen LogP contribution is -2.47. The number of carbonyl (C=O) groups excluding carboxylic acids is 1. The van der Waals surface area contributed by atoms with Crippen molar-refractivity contribution >= 4 is 11.9 Å². The molecule has 0 N–H and O–H groups in total. The maximum absolute atomic E-state index is 12.0. The smallest absolute Gasteiger partial charge is 0.225 e. The molecule has 0 aliphatic carbocycles. The predicted molar refractivity (Wildman–Crippen MR) is 95.0 cm³/mol. The molecule has 0 saturated carbocycles. The van der Waals surface area contributed by atoms with Crippen LogP contribution in [0.1, 0.15) is 38.5 Å². The third-order valence-electron chi connectivity index (χ3n) is 5.03. The van der Waals surface area contributed by atoms with Crippen LogP contribution in [-0.4, -0.2) is 71.5 Å². The zero-order valence-corrected chi connectivity index (χ0v) is 14.6. The van der Waals surface area contributed by atoms with E-state index in [0.717, 1.165) is 71.0 Å². The predicted octanol–water partition coefficient (Wildman–Crippen LogP) is 1.78. The van der Waals surface area contributed by atoms with Gasteiger partial charge in [0.1, 0.15) is 0 Å². The molecule has 6 heteroatoms. The number of unbranched alkanes of at least 4 members (excludes halogenated alkanes) is 1. The first-order valence-corrected chi connectivity index (χ1v) is 9.35. The Kier molecular flexibility index (Phi) is 6.41. The number of rotatable bonds is 6. The lowest BCUT2D eigenvalue weighted by molar-refractivity contribution is -0.130. The topological polar surface area (TPSA) is 52.6 Å². The molecule has 2 fully saturated rings. The van der Waals surface area contributed by atoms with Gasteiger partial charge in [0, 0.05) is 58.1 Å². The Morgan fingerprint density at radius 1 is 0.875 bits per heavy atom. The van der Waals surface area contributed by atoms with Crippen LogP contribution in [0.4, 0.5) is 5.95 Å². The highest BCUT2D eigenvalue weighted by molar-refractivity contribution is 5.76. The van der Waals surface area contributed by atoms with Gasteiger partial charge in [-0.3, -0.25) is 9.69 Å². The van der Waals surface area contributed by atoms with Gasteiger partial charge < -0.3 is 9.80 Å². The molecule has 2 aliphatic heterocycles. The number of hydrogen-bond acceptors (Lipinski definition) is 5. The van der Waals surface area contributed by atoms with E-state index in [9.17, 15) is 4.79 Å². The van der Waals surface area contributed by atoms with Gasteiger partial charge in [-0.2, -0.15) is 0 Å². The second-order valence-corrected chi connectivity index (χ2v) is 6.78. The summed E-state index contributed by atoms with van der Waals surface area (Å²) in [4.78, 5) is 27.5. The molecule has 6 nitrogen and oxygen atoms in total. The number of piperazine rings is 1. The summed E-state index contributed by atoms with van der Waals surface area (Å²) in [5.74, 6) is 1.21. The summed E-state index contributed by atoms with van der Waals surface area (Å²) in [6.07, 6.45) is 10.1. The van der Waals surface area contributed by atoms with Crippen molar-refractivity contribution in [2.45, 2.75) is 38.5 Å². The molecule has 1 aromatic rings. The van der Waals surface area contributed by atoms with Crippen LogP contribution >= 0.6 is 0 Å². The molecule has 1 amide bonds. The molecule has 3 heterocycles. The Balaban J connectivity index is 1.31. The molecule has 2 aliphatic rings. The Hall–Kier alpha value is -1.69. The van der Waals surface area contributed by atoms with Gasteiger partial charge in [0.2, 0.25) is 11.9 Å². The van der Waals surface area contributed by atoms with Crippen molar-refractivity contribution in [3.05, 3.63) is 18.5 Å². The van der Waals surface area contributed by atoms with Crippen LogP contribution in [0.25, 0.3) is 0 Å². The molecule has 0 atom stereocenters. The highest BCUT2D eigenvalue weighted by Crippen LogP contribution is 2.13. The van der Waals surface area contributed by atoms with Crippen LogP contribution in [0.2, 0.25) is 0 Å². The molecule has 0 bridgehead atoms. The second kappa shape index (κ2) is 8.97. The first-order valence-electron chi connectivity index (χ1n) is 9.35. The summed E-state index contributed by atoms with van der Waals surface area (Å²) in [7, 11) is 0. The van der Waals surface area contributed by atoms with Crippen molar-refractivity contribution in [2.75, 3.05) is 50.7 Å². The summed E-state index contributed by atoms with van der Waals surface area (Å²) >= 11 is 0. The fraction of sp³-hybridized carbons (Fsp3) is 0.722. The SMILES string of the molecule is O=C1CCCCCN1CCCCN1CCN(c2ncccn2)CC1. The third kappa shape index (κ3) is 4.90. The lowest BCUT2D eigenvalue weighted by Gasteiger charge is -2.34. The van der Waals surface area contributed by atoms with Gasteiger partial charge in [0.15, 0.2) is 0 Å². The van der Waals surface area contributed by atoms with Crippen molar-refractivity contribution in [1.29, 1.82) is 0 Å². The average Bonchev–Trinajstić information content (AvgIpc) is 2.84. The van der Waals surface area contributed by atoms with Gasteiger partial charge in [0.05, 0.1) is 0 Å². The molecule has 0 spiro atoms. The number of aromatic nitrogens is 2. The Labute approximate surface area is 144 Å². The lowest BCUT2D eigenvalue weighted by atomic mass is 10.2. The minimum Gasteiger partial charge on any atom is -0.343 e. The minimum absolute atomic E-state index is 0.365. The number of likely N-dealkylation sites (tertiary alicyclic amines) is 1. The summed E-state index contributed by atoms with van der Waals surface area (Å²) in [6.45, 7) is 7.17. The van der Waals surface area contributed by atoms with Crippen molar-refractivity contribution in [2.24, 2.45) is 0 Å². The van der Waals surface area contributed by atoms with E-state index in [-0.39, 0.29) is 0 Å². The summed E-state index contributed by atoms with van der Waals surface area (Å²) in [6, 6.07) is 1.86. The summed E-state index contributed by atoms with van der Waals surface area (Å²) in [5.41, 5.74) is 0. The van der Waals surface area contributed by atoms with E-state index in [2.05, 4.69) is 24.7 Å². The van der Waals surface area contributed by atoms with Crippen LogP contribution in [-0.2, 0) is 4.79 Å². The highest BCUT2D eigenvalue weighted by atomic mass is 16.2. The van der Waals surface area contributed by atoms with Crippen molar-refractivity contribution in [1.82, 2.24) is 19.8 Å². The van der Waals surface area contributed by atoms with E-state index in [1.54, 1.807) is 12.4 Å². The van der Waals surface area contributed by atoms with Gasteiger partial charge in [-0.15, -0.1) is 0 Å². The summed E-state index contributed by atoms with van der Waals surface area (Å²) < 4.78 is 0. The molecule has 2 saturated heterocycles. The number of amides is 1. The average molecular weight is 331 g/mol. The Bertz CT molecular complexity index is 501. The molecule has 0 radical (unpaired) electrons. The van der Waals surface area contributed by atoms with Crippen LogP contribution in [0.3, 0.4) is 0 Å². The van der Waals surface area contributed by atoms with Crippen LogP contribution < -0.4 is 4.90 Å². The standard InChI is InChI=1S/C18H29N5O/c24-17-7-2-1-3-11-22(17)12-5-4-10-21-13-15-23(16-14-21)18-19-8-6-9-20-18/h6,8-9H,1-5,7,10-16H2. The minimum atomic E-state index is 0.365. The maximum atomic E-state index is 12.0. The number of nitrogens with zero attached hydrogens (tertiary/aromatic N) is 5. The highest BCUT2D eigenvalue weighted by Gasteiger charge is 2.19. The van der Waals surface area contributed by atoms with E-state index >= 15 is 0 Å². The van der Waals surface area contributed by atoms with Gasteiger partial charge in [-0.25, -0.2) is 9.97 Å². The molecule has 0 unspecified atom stereocenters. The zero-order valence-electron chi connectivity index (χ0n) is 14.6. The molecule has 1 aromatic heterocycles. The largest absolute Gasteiger partial charge is 0.343 e. The van der Waals surface area contributed by atoms with Crippen LogP contribution in [0.5, 0.6) is 0 Å². The second-order valence-electron chi connectivity index (χ2n) is 6.78. The molecule has 24 heavy (non-hydrogen) atoms. The molecule has 132 valence electrons. The van der Waals surface area contributed by atoms with Crippen molar-refractivity contribution in [3.63, 3.8) is 0 Å². The fourth-order valence-electron chi connectivity index (χ4n) is 3.54. The number of hydrogen-bond donors (Lipinski definition) is 0. The Morgan fingerprint density at radius 2 is 1.62 bits per heavy atom. The normalized spacial score (nSPS) is 20.2. The van der Waals surface area contributed by atoms with Crippen LogP contribution in [0.15, 0.2) is 18.5 Å². The van der Waals surface area contributed by atoms with Crippen molar-refractivity contribution in [3.8, 4) is 0 Å². The van der Waals surface area contributed by atoms with E-state index in [0.29, 0.717) is 5.91 Å². The molecular weight excluding hydrogens is 302 g/mol. The van der Waals surface area contributed by atoms with Crippen molar-refractivity contribution < 1.29 is 4.79 Å². The number of anilines is 1. The van der Waals surface area contributed by atoms with Gasteiger partial charge in [-0.05, 0) is 38.3 Å². The Morgan fingerprint density at radius 3 is 2.42 bits per heavy atom.